The van der Waals surface area contributed by atoms with Gasteiger partial charge >= 0.3 is 0 Å². The minimum atomic E-state index is -5.66. The SMILES string of the molecule is CC(C)(C)[P+](Sc1ccccc1)(c1c(F)c(F)c([B-](Sc2ccccc2)(c2c(F)c(F)c(F)c(F)c2F)c2c(F)c(F)c(F)c(F)c2F)c(F)c1F)C(C)(C)C. The summed E-state index contributed by atoms with van der Waals surface area (Å²) >= 11 is 0.307. The van der Waals surface area contributed by atoms with Crippen molar-refractivity contribution in [3.8, 4) is 0 Å². The van der Waals surface area contributed by atoms with Gasteiger partial charge in [-0.2, -0.15) is 8.78 Å². The van der Waals surface area contributed by atoms with Crippen molar-refractivity contribution in [2.24, 2.45) is 0 Å². The van der Waals surface area contributed by atoms with Crippen LogP contribution in [0.5, 0.6) is 0 Å². The first kappa shape index (κ1) is 43.4. The molecule has 0 nitrogen and oxygen atoms in total. The van der Waals surface area contributed by atoms with E-state index in [1.807, 2.05) is 0 Å². The van der Waals surface area contributed by atoms with Crippen LogP contribution in [0.3, 0.4) is 0 Å². The fraction of sp³-hybridized carbons (Fsp3) is 0.211. The van der Waals surface area contributed by atoms with Crippen molar-refractivity contribution in [2.45, 2.75) is 61.6 Å². The summed E-state index contributed by atoms with van der Waals surface area (Å²) in [6.07, 6.45) is 0. The maximum atomic E-state index is 17.4. The predicted octanol–water partition coefficient (Wildman–Crippen LogP) is 11.3. The Labute approximate surface area is 321 Å². The van der Waals surface area contributed by atoms with Gasteiger partial charge in [-0.25, -0.2) is 52.7 Å². The molecule has 298 valence electrons. The summed E-state index contributed by atoms with van der Waals surface area (Å²) in [5, 5.41) is -3.84. The fourth-order valence-corrected chi connectivity index (χ4v) is 17.9. The molecule has 56 heavy (non-hydrogen) atoms. The van der Waals surface area contributed by atoms with Gasteiger partial charge in [-0.15, -0.1) is 16.4 Å². The Balaban J connectivity index is 2.15. The molecular weight excluding hydrogens is 828 g/mol. The largest absolute Gasteiger partial charge is 0.323 e. The van der Waals surface area contributed by atoms with Crippen LogP contribution in [-0.4, -0.2) is 15.7 Å². The lowest BCUT2D eigenvalue weighted by atomic mass is 9.33. The molecule has 0 fully saturated rings. The lowest BCUT2D eigenvalue weighted by Gasteiger charge is -2.46. The predicted molar refractivity (Wildman–Crippen MR) is 194 cm³/mol. The highest BCUT2D eigenvalue weighted by Gasteiger charge is 2.65. The van der Waals surface area contributed by atoms with Gasteiger partial charge in [0, 0.05) is 4.90 Å². The molecule has 5 aromatic carbocycles. The van der Waals surface area contributed by atoms with E-state index in [2.05, 4.69) is 0 Å². The summed E-state index contributed by atoms with van der Waals surface area (Å²) in [5.74, 6) is -39.5. The summed E-state index contributed by atoms with van der Waals surface area (Å²) in [6, 6.07) is 13.1. The molecule has 0 N–H and O–H groups in total. The van der Waals surface area contributed by atoms with Gasteiger partial charge in [0.05, 0.1) is 21.7 Å². The van der Waals surface area contributed by atoms with E-state index in [0.717, 1.165) is 35.6 Å². The number of halogens is 14. The fourth-order valence-electron chi connectivity index (χ4n) is 7.18. The molecule has 0 atom stereocenters. The second-order valence-electron chi connectivity index (χ2n) is 14.6. The Morgan fingerprint density at radius 3 is 0.946 bits per heavy atom. The number of hydrogen-bond donors (Lipinski definition) is 0. The van der Waals surface area contributed by atoms with Crippen molar-refractivity contribution in [3.05, 3.63) is 142 Å². The molecule has 0 aliphatic rings. The first-order valence-corrected chi connectivity index (χ1v) is 20.4. The standard InChI is InChI=1S/C38H28BF14PS2/c1-37(2,3)54(38(4,5)6,56-18-15-11-8-12-16-18)36-34(52)26(44)21(27(45)35(36)53)39(55-17-13-9-7-10-14-17,19-22(40)28(46)32(50)29(47)23(19)41)20-24(42)30(48)33(51)31(49)25(20)43/h7-16H,1-6H3. The number of benzene rings is 5. The zero-order valence-corrected chi connectivity index (χ0v) is 32.4. The monoisotopic (exact) mass is 856 g/mol. The quantitative estimate of drug-likeness (QED) is 0.0501. The van der Waals surface area contributed by atoms with Crippen LogP contribution in [0.15, 0.2) is 70.5 Å². The third-order valence-corrected chi connectivity index (χ3v) is 21.7. The second-order valence-corrected chi connectivity index (χ2v) is 23.2. The normalized spacial score (nSPS) is 12.8. The molecule has 0 unspecified atom stereocenters. The van der Waals surface area contributed by atoms with Crippen LogP contribution in [-0.2, 0) is 0 Å². The Kier molecular flexibility index (Phi) is 11.8. The molecule has 0 amide bonds. The van der Waals surface area contributed by atoms with E-state index in [4.69, 9.17) is 0 Å². The smallest absolute Gasteiger partial charge is 0.201 e. The topological polar surface area (TPSA) is 0 Å². The first-order chi connectivity index (χ1) is 25.9. The molecule has 0 bridgehead atoms. The van der Waals surface area contributed by atoms with Crippen LogP contribution in [0.4, 0.5) is 61.5 Å². The second kappa shape index (κ2) is 15.2. The van der Waals surface area contributed by atoms with Crippen LogP contribution in [0.25, 0.3) is 0 Å². The summed E-state index contributed by atoms with van der Waals surface area (Å²) in [6.45, 7) is 5.16. The lowest BCUT2D eigenvalue weighted by Crippen LogP contribution is -2.71. The van der Waals surface area contributed by atoms with E-state index >= 15 is 52.7 Å². The molecule has 0 saturated carbocycles. The molecule has 0 aromatic heterocycles. The highest BCUT2D eigenvalue weighted by molar-refractivity contribution is 8.65. The molecule has 0 aliphatic carbocycles. The first-order valence-electron chi connectivity index (χ1n) is 16.3. The number of rotatable bonds is 8. The molecule has 0 radical (unpaired) electrons. The van der Waals surface area contributed by atoms with Gasteiger partial charge < -0.3 is 11.6 Å². The third-order valence-electron chi connectivity index (χ3n) is 9.23. The minimum Gasteiger partial charge on any atom is -0.323 e. The Morgan fingerprint density at radius 2 is 0.643 bits per heavy atom. The van der Waals surface area contributed by atoms with E-state index in [9.17, 15) is 8.78 Å². The zero-order valence-electron chi connectivity index (χ0n) is 29.9. The van der Waals surface area contributed by atoms with Crippen LogP contribution in [0.2, 0.25) is 0 Å². The van der Waals surface area contributed by atoms with Gasteiger partial charge in [-0.05, 0) is 58.6 Å². The van der Waals surface area contributed by atoms with Crippen molar-refractivity contribution in [1.29, 1.82) is 0 Å². The van der Waals surface area contributed by atoms with Gasteiger partial charge in [0.25, 0.3) is 0 Å². The van der Waals surface area contributed by atoms with Crippen LogP contribution in [0, 0.1) is 81.4 Å². The molecule has 0 heterocycles. The lowest BCUT2D eigenvalue weighted by molar-refractivity contribution is 0.382. The van der Waals surface area contributed by atoms with Crippen LogP contribution in [0.1, 0.15) is 41.5 Å². The van der Waals surface area contributed by atoms with Crippen molar-refractivity contribution in [3.63, 3.8) is 0 Å². The van der Waals surface area contributed by atoms with Crippen LogP contribution >= 0.6 is 29.5 Å². The summed E-state index contributed by atoms with van der Waals surface area (Å²) in [5.41, 5.74) is -13.2. The minimum absolute atomic E-state index is 0.357. The third kappa shape index (κ3) is 6.59. The van der Waals surface area contributed by atoms with E-state index in [1.54, 1.807) is 18.2 Å². The van der Waals surface area contributed by atoms with Gasteiger partial charge in [0.15, 0.2) is 45.6 Å². The van der Waals surface area contributed by atoms with Crippen molar-refractivity contribution < 1.29 is 61.5 Å². The Morgan fingerprint density at radius 1 is 0.375 bits per heavy atom. The van der Waals surface area contributed by atoms with Crippen molar-refractivity contribution >= 4 is 56.6 Å². The highest BCUT2D eigenvalue weighted by Crippen LogP contribution is 2.85. The Hall–Kier alpha value is -3.69. The van der Waals surface area contributed by atoms with E-state index in [0.29, 0.717) is 4.90 Å². The molecule has 5 aromatic rings. The number of hydrogen-bond acceptors (Lipinski definition) is 2. The summed E-state index contributed by atoms with van der Waals surface area (Å²) in [7, 11) is 0. The maximum absolute atomic E-state index is 17.4. The average molecular weight is 857 g/mol. The van der Waals surface area contributed by atoms with E-state index < -0.39 is 142 Å². The van der Waals surface area contributed by atoms with Gasteiger partial charge in [-0.3, -0.25) is 0 Å². The molecule has 0 aliphatic heterocycles. The van der Waals surface area contributed by atoms with Gasteiger partial charge in [0.1, 0.15) is 41.4 Å². The molecular formula is C38H28BF14PS2. The van der Waals surface area contributed by atoms with Crippen molar-refractivity contribution in [1.82, 2.24) is 0 Å². The zero-order chi connectivity index (χ0) is 42.0. The van der Waals surface area contributed by atoms with E-state index in [1.165, 1.54) is 59.7 Å². The summed E-state index contributed by atoms with van der Waals surface area (Å²) in [4.78, 5) is -0.245. The van der Waals surface area contributed by atoms with E-state index in [-0.39, 0.29) is 0 Å². The molecule has 5 rings (SSSR count). The van der Waals surface area contributed by atoms with Crippen LogP contribution < -0.4 is 21.7 Å². The molecule has 0 saturated heterocycles. The maximum Gasteiger partial charge on any atom is 0.201 e. The van der Waals surface area contributed by atoms with Crippen molar-refractivity contribution in [2.75, 3.05) is 0 Å². The highest BCUT2D eigenvalue weighted by atomic mass is 32.7. The Bertz CT molecular complexity index is 2180. The summed E-state index contributed by atoms with van der Waals surface area (Å²) < 4.78 is 224. The van der Waals surface area contributed by atoms with Gasteiger partial charge in [0.2, 0.25) is 11.6 Å². The molecule has 18 heteroatoms. The van der Waals surface area contributed by atoms with Gasteiger partial charge in [-0.1, -0.05) is 48.5 Å². The molecule has 0 spiro atoms. The average Bonchev–Trinajstić information content (AvgIpc) is 3.13.